The van der Waals surface area contributed by atoms with Crippen LogP contribution in [0.1, 0.15) is 5.56 Å². The van der Waals surface area contributed by atoms with Gasteiger partial charge in [0.15, 0.2) is 0 Å². The summed E-state index contributed by atoms with van der Waals surface area (Å²) in [6.07, 6.45) is 2.50. The molecule has 15 heavy (non-hydrogen) atoms. The van der Waals surface area contributed by atoms with Crippen molar-refractivity contribution >= 4 is 33.6 Å². The van der Waals surface area contributed by atoms with Gasteiger partial charge in [0.25, 0.3) is 0 Å². The van der Waals surface area contributed by atoms with Crippen molar-refractivity contribution in [3.05, 3.63) is 27.5 Å². The topological polar surface area (TPSA) is 48.4 Å². The van der Waals surface area contributed by atoms with E-state index in [0.717, 1.165) is 32.3 Å². The summed E-state index contributed by atoms with van der Waals surface area (Å²) in [5, 5.41) is 1.10. The van der Waals surface area contributed by atoms with Crippen molar-refractivity contribution in [2.45, 2.75) is 6.42 Å². The molecule has 2 aromatic rings. The molecule has 0 saturated heterocycles. The third-order valence-electron chi connectivity index (χ3n) is 2.38. The SMILES string of the molecule is COc1cc(I)c2occc2c1CCN. The highest BCUT2D eigenvalue weighted by Crippen LogP contribution is 2.32. The zero-order valence-corrected chi connectivity index (χ0v) is 10.6. The van der Waals surface area contributed by atoms with Crippen LogP contribution in [0.25, 0.3) is 11.0 Å². The van der Waals surface area contributed by atoms with Gasteiger partial charge >= 0.3 is 0 Å². The van der Waals surface area contributed by atoms with Crippen molar-refractivity contribution in [3.8, 4) is 5.75 Å². The van der Waals surface area contributed by atoms with E-state index in [1.165, 1.54) is 0 Å². The highest BCUT2D eigenvalue weighted by Gasteiger charge is 2.12. The maximum Gasteiger partial charge on any atom is 0.147 e. The lowest BCUT2D eigenvalue weighted by Gasteiger charge is -2.09. The highest BCUT2D eigenvalue weighted by molar-refractivity contribution is 14.1. The van der Waals surface area contributed by atoms with Crippen LogP contribution in [-0.2, 0) is 6.42 Å². The van der Waals surface area contributed by atoms with E-state index in [1.807, 2.05) is 12.1 Å². The Hall–Kier alpha value is -0.750. The second-order valence-electron chi connectivity index (χ2n) is 3.24. The van der Waals surface area contributed by atoms with Crippen LogP contribution in [0.5, 0.6) is 5.75 Å². The third kappa shape index (κ3) is 1.83. The smallest absolute Gasteiger partial charge is 0.147 e. The van der Waals surface area contributed by atoms with Crippen LogP contribution in [-0.4, -0.2) is 13.7 Å². The number of rotatable bonds is 3. The summed E-state index contributed by atoms with van der Waals surface area (Å²) in [7, 11) is 1.68. The second kappa shape index (κ2) is 4.40. The van der Waals surface area contributed by atoms with E-state index in [2.05, 4.69) is 22.6 Å². The molecule has 0 saturated carbocycles. The molecule has 1 aromatic carbocycles. The zero-order chi connectivity index (χ0) is 10.8. The van der Waals surface area contributed by atoms with Crippen molar-refractivity contribution in [1.29, 1.82) is 0 Å². The number of hydrogen-bond donors (Lipinski definition) is 1. The highest BCUT2D eigenvalue weighted by atomic mass is 127. The molecule has 3 nitrogen and oxygen atoms in total. The van der Waals surface area contributed by atoms with Crippen LogP contribution in [0.3, 0.4) is 0 Å². The molecule has 0 fully saturated rings. The molecule has 0 spiro atoms. The average molecular weight is 317 g/mol. The molecule has 1 aromatic heterocycles. The van der Waals surface area contributed by atoms with E-state index in [-0.39, 0.29) is 0 Å². The Bertz CT molecular complexity index is 479. The lowest BCUT2D eigenvalue weighted by Crippen LogP contribution is -2.05. The van der Waals surface area contributed by atoms with Gasteiger partial charge in [-0.2, -0.15) is 0 Å². The van der Waals surface area contributed by atoms with E-state index in [0.29, 0.717) is 6.54 Å². The molecule has 0 atom stereocenters. The van der Waals surface area contributed by atoms with Crippen LogP contribution in [0.2, 0.25) is 0 Å². The van der Waals surface area contributed by atoms with Crippen molar-refractivity contribution in [2.24, 2.45) is 5.73 Å². The van der Waals surface area contributed by atoms with Gasteiger partial charge in [0.1, 0.15) is 11.3 Å². The summed E-state index contributed by atoms with van der Waals surface area (Å²) in [5.41, 5.74) is 7.64. The largest absolute Gasteiger partial charge is 0.496 e. The number of fused-ring (bicyclic) bond motifs is 1. The van der Waals surface area contributed by atoms with Gasteiger partial charge in [0.2, 0.25) is 0 Å². The van der Waals surface area contributed by atoms with Gasteiger partial charge in [-0.25, -0.2) is 0 Å². The summed E-state index contributed by atoms with van der Waals surface area (Å²) in [6, 6.07) is 3.95. The predicted octanol–water partition coefficient (Wildman–Crippen LogP) is 2.55. The molecule has 0 radical (unpaired) electrons. The number of methoxy groups -OCH3 is 1. The number of ether oxygens (including phenoxy) is 1. The first-order chi connectivity index (χ1) is 7.27. The molecule has 0 aliphatic heterocycles. The number of halogens is 1. The Morgan fingerprint density at radius 1 is 1.53 bits per heavy atom. The van der Waals surface area contributed by atoms with Crippen LogP contribution >= 0.6 is 22.6 Å². The lowest BCUT2D eigenvalue weighted by atomic mass is 10.1. The fourth-order valence-electron chi connectivity index (χ4n) is 1.72. The van der Waals surface area contributed by atoms with E-state index in [4.69, 9.17) is 14.9 Å². The van der Waals surface area contributed by atoms with Gasteiger partial charge < -0.3 is 14.9 Å². The molecule has 0 aliphatic rings. The summed E-state index contributed by atoms with van der Waals surface area (Å²) in [4.78, 5) is 0. The number of furan rings is 1. The van der Waals surface area contributed by atoms with Gasteiger partial charge in [-0.3, -0.25) is 0 Å². The van der Waals surface area contributed by atoms with Crippen molar-refractivity contribution in [2.75, 3.05) is 13.7 Å². The molecule has 0 unspecified atom stereocenters. The Kier molecular flexibility index (Phi) is 3.16. The first-order valence-corrected chi connectivity index (χ1v) is 5.78. The second-order valence-corrected chi connectivity index (χ2v) is 4.40. The third-order valence-corrected chi connectivity index (χ3v) is 3.18. The quantitative estimate of drug-likeness (QED) is 0.885. The summed E-state index contributed by atoms with van der Waals surface area (Å²) >= 11 is 2.24. The Morgan fingerprint density at radius 2 is 2.33 bits per heavy atom. The first kappa shape index (κ1) is 10.8. The molecular formula is C11H12INO2. The monoisotopic (exact) mass is 317 g/mol. The predicted molar refractivity (Wildman–Crippen MR) is 68.2 cm³/mol. The molecule has 0 bridgehead atoms. The van der Waals surface area contributed by atoms with E-state index >= 15 is 0 Å². The molecular weight excluding hydrogens is 305 g/mol. The van der Waals surface area contributed by atoms with Crippen LogP contribution in [0.4, 0.5) is 0 Å². The first-order valence-electron chi connectivity index (χ1n) is 4.70. The number of nitrogens with two attached hydrogens (primary N) is 1. The average Bonchev–Trinajstić information content (AvgIpc) is 2.71. The summed E-state index contributed by atoms with van der Waals surface area (Å²) in [6.45, 7) is 0.608. The van der Waals surface area contributed by atoms with Crippen LogP contribution < -0.4 is 10.5 Å². The molecule has 80 valence electrons. The molecule has 0 amide bonds. The van der Waals surface area contributed by atoms with E-state index in [1.54, 1.807) is 13.4 Å². The molecule has 4 heteroatoms. The minimum Gasteiger partial charge on any atom is -0.496 e. The van der Waals surface area contributed by atoms with Gasteiger partial charge in [-0.1, -0.05) is 0 Å². The van der Waals surface area contributed by atoms with Gasteiger partial charge in [-0.05, 0) is 47.7 Å². The maximum absolute atomic E-state index is 5.59. The van der Waals surface area contributed by atoms with Crippen molar-refractivity contribution in [3.63, 3.8) is 0 Å². The zero-order valence-electron chi connectivity index (χ0n) is 8.42. The van der Waals surface area contributed by atoms with Gasteiger partial charge in [-0.15, -0.1) is 0 Å². The minimum atomic E-state index is 0.608. The van der Waals surface area contributed by atoms with Crippen LogP contribution in [0.15, 0.2) is 22.8 Å². The lowest BCUT2D eigenvalue weighted by molar-refractivity contribution is 0.410. The molecule has 2 rings (SSSR count). The molecule has 1 heterocycles. The Labute approximate surface area is 102 Å². The molecule has 2 N–H and O–H groups in total. The van der Waals surface area contributed by atoms with E-state index in [9.17, 15) is 0 Å². The van der Waals surface area contributed by atoms with Gasteiger partial charge in [0.05, 0.1) is 16.9 Å². The minimum absolute atomic E-state index is 0.608. The fourth-order valence-corrected chi connectivity index (χ4v) is 2.42. The normalized spacial score (nSPS) is 10.9. The van der Waals surface area contributed by atoms with Crippen molar-refractivity contribution in [1.82, 2.24) is 0 Å². The van der Waals surface area contributed by atoms with Gasteiger partial charge in [0, 0.05) is 10.9 Å². The summed E-state index contributed by atoms with van der Waals surface area (Å²) in [5.74, 6) is 0.888. The summed E-state index contributed by atoms with van der Waals surface area (Å²) < 4.78 is 11.8. The fraction of sp³-hybridized carbons (Fsp3) is 0.273. The van der Waals surface area contributed by atoms with Crippen molar-refractivity contribution < 1.29 is 9.15 Å². The number of benzene rings is 1. The van der Waals surface area contributed by atoms with E-state index < -0.39 is 0 Å². The Morgan fingerprint density at radius 3 is 3.00 bits per heavy atom. The number of hydrogen-bond acceptors (Lipinski definition) is 3. The Balaban J connectivity index is 2.71. The maximum atomic E-state index is 5.59. The standard InChI is InChI=1S/C11H12INO2/c1-14-10-6-9(12)11-8(3-5-15-11)7(10)2-4-13/h3,5-6H,2,4,13H2,1H3. The molecule has 0 aliphatic carbocycles. The van der Waals surface area contributed by atoms with Crippen LogP contribution in [0, 0.1) is 3.57 Å².